The molecule has 0 heterocycles. The Morgan fingerprint density at radius 1 is 1.24 bits per heavy atom. The monoisotopic (exact) mass is 338 g/mol. The van der Waals surface area contributed by atoms with Crippen molar-refractivity contribution in [1.82, 2.24) is 5.32 Å². The van der Waals surface area contributed by atoms with Crippen molar-refractivity contribution in [2.75, 3.05) is 11.9 Å². The topological polar surface area (TPSA) is 61.4 Å². The highest BCUT2D eigenvalue weighted by Crippen LogP contribution is 2.35. The van der Waals surface area contributed by atoms with Gasteiger partial charge in [0.2, 0.25) is 5.91 Å². The minimum atomic E-state index is -0.821. The first-order valence-corrected chi connectivity index (χ1v) is 8.90. The molecule has 25 heavy (non-hydrogen) atoms. The summed E-state index contributed by atoms with van der Waals surface area (Å²) in [5, 5.41) is 17.5. The minimum absolute atomic E-state index is 0.0758. The van der Waals surface area contributed by atoms with Gasteiger partial charge in [0.25, 0.3) is 0 Å². The van der Waals surface area contributed by atoms with Crippen molar-refractivity contribution in [3.05, 3.63) is 65.2 Å². The third-order valence-corrected chi connectivity index (χ3v) is 4.96. The van der Waals surface area contributed by atoms with E-state index in [1.807, 2.05) is 42.5 Å². The summed E-state index contributed by atoms with van der Waals surface area (Å²) in [7, 11) is 0. The molecule has 4 nitrogen and oxygen atoms in total. The minimum Gasteiger partial charge on any atom is -0.384 e. The normalized spacial score (nSPS) is 20.6. The molecular weight excluding hydrogens is 312 g/mol. The van der Waals surface area contributed by atoms with Crippen molar-refractivity contribution in [2.24, 2.45) is 0 Å². The number of carbonyl (C=O) groups is 1. The number of fused-ring (bicyclic) bond motifs is 1. The summed E-state index contributed by atoms with van der Waals surface area (Å²) in [4.78, 5) is 11.2. The summed E-state index contributed by atoms with van der Waals surface area (Å²) in [5.41, 5.74) is 3.35. The van der Waals surface area contributed by atoms with Crippen molar-refractivity contribution in [2.45, 2.75) is 44.8 Å². The molecule has 1 aliphatic carbocycles. The van der Waals surface area contributed by atoms with Crippen molar-refractivity contribution >= 4 is 11.6 Å². The van der Waals surface area contributed by atoms with Crippen LogP contribution in [0.2, 0.25) is 0 Å². The summed E-state index contributed by atoms with van der Waals surface area (Å²) in [6.07, 6.45) is 2.81. The van der Waals surface area contributed by atoms with Gasteiger partial charge in [0, 0.05) is 25.2 Å². The van der Waals surface area contributed by atoms with Gasteiger partial charge in [-0.25, -0.2) is 0 Å². The van der Waals surface area contributed by atoms with Gasteiger partial charge in [0.1, 0.15) is 5.60 Å². The molecule has 0 saturated carbocycles. The molecule has 0 aromatic heterocycles. The second kappa shape index (κ2) is 7.38. The number of rotatable bonds is 5. The molecule has 2 aromatic rings. The van der Waals surface area contributed by atoms with Crippen molar-refractivity contribution in [1.29, 1.82) is 0 Å². The van der Waals surface area contributed by atoms with Crippen molar-refractivity contribution in [3.63, 3.8) is 0 Å². The number of benzene rings is 2. The maximum Gasteiger partial charge on any atom is 0.221 e. The van der Waals surface area contributed by atoms with Crippen LogP contribution in [0.4, 0.5) is 5.69 Å². The first kappa shape index (κ1) is 17.6. The van der Waals surface area contributed by atoms with Gasteiger partial charge in [0.05, 0.1) is 0 Å². The number of amides is 1. The molecule has 0 unspecified atom stereocenters. The molecule has 3 N–H and O–H groups in total. The number of nitrogens with one attached hydrogen (secondary N) is 2. The standard InChI is InChI=1S/C21H26N2O2/c1-15(18-8-5-10-19(13-18)23-16(2)24)22-14-21(25)12-6-9-17-7-3-4-11-20(17)21/h3-5,7-8,10-11,13,15,22,25H,6,9,12,14H2,1-2H3,(H,23,24)/t15-,21-/m0/s1. The van der Waals surface area contributed by atoms with E-state index in [-0.39, 0.29) is 11.9 Å². The van der Waals surface area contributed by atoms with E-state index in [0.29, 0.717) is 6.54 Å². The fourth-order valence-corrected chi connectivity index (χ4v) is 3.61. The average molecular weight is 338 g/mol. The van der Waals surface area contributed by atoms with Gasteiger partial charge in [0.15, 0.2) is 0 Å². The molecule has 0 aliphatic heterocycles. The molecule has 0 spiro atoms. The fraction of sp³-hybridized carbons (Fsp3) is 0.381. The Hall–Kier alpha value is -2.17. The first-order chi connectivity index (χ1) is 12.0. The highest BCUT2D eigenvalue weighted by molar-refractivity contribution is 5.88. The van der Waals surface area contributed by atoms with Crippen LogP contribution < -0.4 is 10.6 Å². The molecule has 132 valence electrons. The van der Waals surface area contributed by atoms with Crippen molar-refractivity contribution < 1.29 is 9.90 Å². The molecule has 0 bridgehead atoms. The summed E-state index contributed by atoms with van der Waals surface area (Å²) in [6.45, 7) is 4.09. The van der Waals surface area contributed by atoms with E-state index < -0.39 is 5.60 Å². The highest BCUT2D eigenvalue weighted by Gasteiger charge is 2.34. The molecule has 4 heteroatoms. The Morgan fingerprint density at radius 2 is 2.04 bits per heavy atom. The van der Waals surface area contributed by atoms with Gasteiger partial charge in [-0.1, -0.05) is 36.4 Å². The van der Waals surface area contributed by atoms with Crippen LogP contribution in [0.5, 0.6) is 0 Å². The van der Waals surface area contributed by atoms with Crippen LogP contribution in [0, 0.1) is 0 Å². The number of anilines is 1. The molecule has 0 saturated heterocycles. The molecule has 2 aromatic carbocycles. The lowest BCUT2D eigenvalue weighted by Gasteiger charge is -2.35. The van der Waals surface area contributed by atoms with E-state index in [9.17, 15) is 9.90 Å². The third-order valence-electron chi connectivity index (χ3n) is 4.96. The fourth-order valence-electron chi connectivity index (χ4n) is 3.61. The molecule has 0 fully saturated rings. The number of carbonyl (C=O) groups excluding carboxylic acids is 1. The van der Waals surface area contributed by atoms with Gasteiger partial charge in [-0.2, -0.15) is 0 Å². The zero-order valence-corrected chi connectivity index (χ0v) is 14.9. The summed E-state index contributed by atoms with van der Waals surface area (Å²) in [5.74, 6) is -0.0779. The zero-order valence-electron chi connectivity index (χ0n) is 14.9. The quantitative estimate of drug-likeness (QED) is 0.782. The van der Waals surface area contributed by atoms with Crippen LogP contribution in [0.1, 0.15) is 49.4 Å². The average Bonchev–Trinajstić information content (AvgIpc) is 2.60. The van der Waals surface area contributed by atoms with Crippen LogP contribution in [0.25, 0.3) is 0 Å². The van der Waals surface area contributed by atoms with E-state index in [4.69, 9.17) is 0 Å². The molecule has 1 aliphatic rings. The van der Waals surface area contributed by atoms with E-state index in [1.54, 1.807) is 0 Å². The summed E-state index contributed by atoms with van der Waals surface area (Å²) in [6, 6.07) is 16.1. The van der Waals surface area contributed by atoms with E-state index in [2.05, 4.69) is 23.6 Å². The lowest BCUT2D eigenvalue weighted by Crippen LogP contribution is -2.41. The third kappa shape index (κ3) is 4.09. The number of aliphatic hydroxyl groups is 1. The predicted octanol–water partition coefficient (Wildman–Crippen LogP) is 3.52. The highest BCUT2D eigenvalue weighted by atomic mass is 16.3. The van der Waals surface area contributed by atoms with Gasteiger partial charge in [-0.15, -0.1) is 0 Å². The zero-order chi connectivity index (χ0) is 17.9. The second-order valence-electron chi connectivity index (χ2n) is 6.95. The largest absolute Gasteiger partial charge is 0.384 e. The molecule has 3 rings (SSSR count). The Morgan fingerprint density at radius 3 is 2.84 bits per heavy atom. The molecule has 0 radical (unpaired) electrons. The first-order valence-electron chi connectivity index (χ1n) is 8.90. The van der Waals surface area contributed by atoms with E-state index in [0.717, 1.165) is 36.1 Å². The summed E-state index contributed by atoms with van der Waals surface area (Å²) >= 11 is 0. The number of hydrogen-bond donors (Lipinski definition) is 3. The van der Waals surface area contributed by atoms with Crippen LogP contribution >= 0.6 is 0 Å². The molecule has 1 amide bonds. The number of hydrogen-bond acceptors (Lipinski definition) is 3. The lowest BCUT2D eigenvalue weighted by atomic mass is 9.79. The van der Waals surface area contributed by atoms with Gasteiger partial charge >= 0.3 is 0 Å². The Balaban J connectivity index is 1.70. The van der Waals surface area contributed by atoms with Gasteiger partial charge < -0.3 is 15.7 Å². The van der Waals surface area contributed by atoms with Crippen LogP contribution in [0.3, 0.4) is 0 Å². The van der Waals surface area contributed by atoms with Crippen molar-refractivity contribution in [3.8, 4) is 0 Å². The SMILES string of the molecule is CC(=O)Nc1cccc([C@H](C)NC[C@@]2(O)CCCc3ccccc32)c1. The van der Waals surface area contributed by atoms with E-state index in [1.165, 1.54) is 12.5 Å². The molecular formula is C21H26N2O2. The maximum absolute atomic E-state index is 11.2. The Labute approximate surface area is 149 Å². The van der Waals surface area contributed by atoms with Gasteiger partial charge in [-0.3, -0.25) is 4.79 Å². The van der Waals surface area contributed by atoms with Crippen LogP contribution in [-0.4, -0.2) is 17.6 Å². The van der Waals surface area contributed by atoms with E-state index >= 15 is 0 Å². The predicted molar refractivity (Wildman–Crippen MR) is 100 cm³/mol. The second-order valence-corrected chi connectivity index (χ2v) is 6.95. The maximum atomic E-state index is 11.2. The Bertz CT molecular complexity index is 759. The lowest BCUT2D eigenvalue weighted by molar-refractivity contribution is -0.114. The summed E-state index contributed by atoms with van der Waals surface area (Å²) < 4.78 is 0. The van der Waals surface area contributed by atoms with Crippen LogP contribution in [-0.2, 0) is 16.8 Å². The van der Waals surface area contributed by atoms with Crippen LogP contribution in [0.15, 0.2) is 48.5 Å². The molecule has 2 atom stereocenters. The Kier molecular flexibility index (Phi) is 5.21. The smallest absolute Gasteiger partial charge is 0.221 e. The van der Waals surface area contributed by atoms with Gasteiger partial charge in [-0.05, 0) is 55.0 Å². The number of aryl methyl sites for hydroxylation is 1.